The van der Waals surface area contributed by atoms with Gasteiger partial charge in [-0.1, -0.05) is 12.1 Å². The van der Waals surface area contributed by atoms with Crippen LogP contribution in [0.3, 0.4) is 0 Å². The Morgan fingerprint density at radius 3 is 2.48 bits per heavy atom. The summed E-state index contributed by atoms with van der Waals surface area (Å²) < 4.78 is 5.34. The summed E-state index contributed by atoms with van der Waals surface area (Å²) in [6.07, 6.45) is 1.53. The fourth-order valence-corrected chi connectivity index (χ4v) is 2.48. The zero-order chi connectivity index (χ0) is 16.1. The zero-order valence-electron chi connectivity index (χ0n) is 12.6. The fraction of sp³-hybridized carbons (Fsp3) is 0.235. The highest BCUT2D eigenvalue weighted by Crippen LogP contribution is 2.22. The van der Waals surface area contributed by atoms with E-state index in [2.05, 4.69) is 9.89 Å². The van der Waals surface area contributed by atoms with Crippen molar-refractivity contribution in [3.8, 4) is 0 Å². The maximum absolute atomic E-state index is 11.0. The molecule has 0 saturated carbocycles. The van der Waals surface area contributed by atoms with E-state index in [0.717, 1.165) is 37.7 Å². The van der Waals surface area contributed by atoms with Crippen molar-refractivity contribution in [2.45, 2.75) is 0 Å². The number of hydrogen-bond donors (Lipinski definition) is 0. The topological polar surface area (TPSA) is 68.0 Å². The number of ether oxygens (including phenoxy) is 1. The summed E-state index contributed by atoms with van der Waals surface area (Å²) in [6.45, 7) is 3.27. The molecule has 0 radical (unpaired) electrons. The van der Waals surface area contributed by atoms with Gasteiger partial charge in [-0.25, -0.2) is 0 Å². The molecule has 0 bridgehead atoms. The van der Waals surface area contributed by atoms with Crippen LogP contribution >= 0.6 is 0 Å². The zero-order valence-corrected chi connectivity index (χ0v) is 12.6. The molecule has 3 rings (SSSR count). The monoisotopic (exact) mass is 311 g/mol. The third-order valence-electron chi connectivity index (χ3n) is 3.71. The molecular weight excluding hydrogens is 294 g/mol. The molecule has 0 amide bonds. The predicted molar refractivity (Wildman–Crippen MR) is 89.8 cm³/mol. The van der Waals surface area contributed by atoms with E-state index in [1.54, 1.807) is 18.2 Å². The van der Waals surface area contributed by atoms with Gasteiger partial charge in [0.2, 0.25) is 0 Å². The van der Waals surface area contributed by atoms with Crippen LogP contribution in [0.5, 0.6) is 0 Å². The number of nitro benzene ring substituents is 1. The van der Waals surface area contributed by atoms with Crippen molar-refractivity contribution in [3.63, 3.8) is 0 Å². The second-order valence-electron chi connectivity index (χ2n) is 5.19. The van der Waals surface area contributed by atoms with Crippen LogP contribution in [0.4, 0.5) is 17.1 Å². The Morgan fingerprint density at radius 1 is 1.09 bits per heavy atom. The van der Waals surface area contributed by atoms with E-state index in [0.29, 0.717) is 5.56 Å². The Morgan fingerprint density at radius 2 is 1.78 bits per heavy atom. The fourth-order valence-electron chi connectivity index (χ4n) is 2.48. The number of rotatable bonds is 4. The quantitative estimate of drug-likeness (QED) is 0.494. The van der Waals surface area contributed by atoms with E-state index in [1.807, 2.05) is 24.3 Å². The summed E-state index contributed by atoms with van der Waals surface area (Å²) in [4.78, 5) is 17.2. The number of hydrogen-bond acceptors (Lipinski definition) is 5. The normalized spacial score (nSPS) is 15.0. The molecule has 0 aliphatic carbocycles. The molecule has 2 aromatic carbocycles. The minimum absolute atomic E-state index is 0.0567. The minimum atomic E-state index is -0.400. The van der Waals surface area contributed by atoms with Crippen LogP contribution in [0.1, 0.15) is 5.56 Å². The van der Waals surface area contributed by atoms with Crippen LogP contribution < -0.4 is 4.90 Å². The lowest BCUT2D eigenvalue weighted by Gasteiger charge is -2.28. The van der Waals surface area contributed by atoms with E-state index in [9.17, 15) is 10.1 Å². The van der Waals surface area contributed by atoms with Crippen molar-refractivity contribution >= 4 is 23.3 Å². The second-order valence-corrected chi connectivity index (χ2v) is 5.19. The van der Waals surface area contributed by atoms with E-state index in [4.69, 9.17) is 4.74 Å². The highest BCUT2D eigenvalue weighted by Gasteiger charge is 2.11. The number of anilines is 1. The molecule has 1 aliphatic heterocycles. The Labute approximate surface area is 134 Å². The van der Waals surface area contributed by atoms with Crippen LogP contribution in [0.2, 0.25) is 0 Å². The van der Waals surface area contributed by atoms with Crippen molar-refractivity contribution in [2.24, 2.45) is 4.99 Å². The first-order valence-corrected chi connectivity index (χ1v) is 7.44. The number of aliphatic imine (C=N–C) groups is 1. The summed E-state index contributed by atoms with van der Waals surface area (Å²) >= 11 is 0. The van der Waals surface area contributed by atoms with Crippen LogP contribution in [-0.2, 0) is 4.74 Å². The van der Waals surface area contributed by atoms with Gasteiger partial charge in [0.1, 0.15) is 0 Å². The van der Waals surface area contributed by atoms with Crippen LogP contribution in [0.25, 0.3) is 0 Å². The Hall–Kier alpha value is -2.73. The van der Waals surface area contributed by atoms with E-state index in [-0.39, 0.29) is 5.69 Å². The maximum Gasteiger partial charge on any atom is 0.278 e. The minimum Gasteiger partial charge on any atom is -0.378 e. The van der Waals surface area contributed by atoms with E-state index >= 15 is 0 Å². The number of nitrogens with zero attached hydrogens (tertiary/aromatic N) is 3. The van der Waals surface area contributed by atoms with Crippen LogP contribution in [0, 0.1) is 10.1 Å². The molecule has 0 atom stereocenters. The van der Waals surface area contributed by atoms with Gasteiger partial charge < -0.3 is 9.64 Å². The Balaban J connectivity index is 1.74. The first-order chi connectivity index (χ1) is 11.2. The van der Waals surface area contributed by atoms with Gasteiger partial charge in [-0.2, -0.15) is 0 Å². The summed E-state index contributed by atoms with van der Waals surface area (Å²) in [5, 5.41) is 11.0. The molecule has 0 unspecified atom stereocenters. The molecule has 23 heavy (non-hydrogen) atoms. The molecule has 0 N–H and O–H groups in total. The lowest BCUT2D eigenvalue weighted by Crippen LogP contribution is -2.36. The van der Waals surface area contributed by atoms with Gasteiger partial charge in [-0.05, 0) is 30.3 Å². The Kier molecular flexibility index (Phi) is 4.63. The van der Waals surface area contributed by atoms with Gasteiger partial charge in [0.15, 0.2) is 0 Å². The van der Waals surface area contributed by atoms with Gasteiger partial charge in [-0.3, -0.25) is 15.1 Å². The molecule has 2 aromatic rings. The van der Waals surface area contributed by atoms with Crippen LogP contribution in [0.15, 0.2) is 53.5 Å². The lowest BCUT2D eigenvalue weighted by molar-refractivity contribution is -0.385. The number of para-hydroxylation sites is 1. The van der Waals surface area contributed by atoms with Gasteiger partial charge in [0.25, 0.3) is 5.69 Å². The summed E-state index contributed by atoms with van der Waals surface area (Å²) in [5.74, 6) is 0. The third kappa shape index (κ3) is 3.73. The summed E-state index contributed by atoms with van der Waals surface area (Å²) in [7, 11) is 0. The molecule has 0 aromatic heterocycles. The first-order valence-electron chi connectivity index (χ1n) is 7.44. The smallest absolute Gasteiger partial charge is 0.278 e. The molecule has 118 valence electrons. The lowest BCUT2D eigenvalue weighted by atomic mass is 10.2. The highest BCUT2D eigenvalue weighted by atomic mass is 16.6. The van der Waals surface area contributed by atoms with Crippen molar-refractivity contribution in [1.82, 2.24) is 0 Å². The maximum atomic E-state index is 11.0. The standard InChI is InChI=1S/C17H17N3O3/c21-20(22)17-4-2-1-3-14(17)13-18-15-5-7-16(8-6-15)19-9-11-23-12-10-19/h1-8,13H,9-12H2. The number of benzene rings is 2. The van der Waals surface area contributed by atoms with Crippen molar-refractivity contribution in [2.75, 3.05) is 31.2 Å². The summed E-state index contributed by atoms with van der Waals surface area (Å²) in [5.41, 5.74) is 2.45. The molecule has 1 saturated heterocycles. The van der Waals surface area contributed by atoms with E-state index in [1.165, 1.54) is 12.3 Å². The molecule has 1 fully saturated rings. The SMILES string of the molecule is O=[N+]([O-])c1ccccc1C=Nc1ccc(N2CCOCC2)cc1. The molecular formula is C17H17N3O3. The molecule has 1 heterocycles. The van der Waals surface area contributed by atoms with Crippen LogP contribution in [-0.4, -0.2) is 37.4 Å². The Bertz CT molecular complexity index is 707. The van der Waals surface area contributed by atoms with Gasteiger partial charge in [-0.15, -0.1) is 0 Å². The number of morpholine rings is 1. The average molecular weight is 311 g/mol. The van der Waals surface area contributed by atoms with Crippen molar-refractivity contribution in [1.29, 1.82) is 0 Å². The van der Waals surface area contributed by atoms with E-state index < -0.39 is 4.92 Å². The third-order valence-corrected chi connectivity index (χ3v) is 3.71. The average Bonchev–Trinajstić information content (AvgIpc) is 2.61. The van der Waals surface area contributed by atoms with Gasteiger partial charge in [0.05, 0.1) is 29.4 Å². The van der Waals surface area contributed by atoms with Crippen molar-refractivity contribution < 1.29 is 9.66 Å². The molecule has 0 spiro atoms. The molecule has 1 aliphatic rings. The van der Waals surface area contributed by atoms with Gasteiger partial charge in [0, 0.05) is 31.1 Å². The second kappa shape index (κ2) is 7.02. The summed E-state index contributed by atoms with van der Waals surface area (Å²) in [6, 6.07) is 14.4. The predicted octanol–water partition coefficient (Wildman–Crippen LogP) is 3.18. The van der Waals surface area contributed by atoms with Gasteiger partial charge >= 0.3 is 0 Å². The van der Waals surface area contributed by atoms with Crippen molar-refractivity contribution in [3.05, 3.63) is 64.2 Å². The first kappa shape index (κ1) is 15.2. The number of nitro groups is 1. The molecule has 6 nitrogen and oxygen atoms in total. The highest BCUT2D eigenvalue weighted by molar-refractivity contribution is 5.87. The molecule has 6 heteroatoms. The largest absolute Gasteiger partial charge is 0.378 e.